The monoisotopic (exact) mass is 288 g/mol. The molecule has 0 fully saturated rings. The molecule has 19 heavy (non-hydrogen) atoms. The molecule has 0 atom stereocenters. The zero-order chi connectivity index (χ0) is 14.6. The van der Waals surface area contributed by atoms with Crippen LogP contribution in [0.5, 0.6) is 11.5 Å². The van der Waals surface area contributed by atoms with E-state index in [4.69, 9.17) is 26.2 Å². The lowest BCUT2D eigenvalue weighted by atomic mass is 9.95. The smallest absolute Gasteiger partial charge is 0.312 e. The lowest BCUT2D eigenvalue weighted by Gasteiger charge is -2.22. The highest BCUT2D eigenvalue weighted by Crippen LogP contribution is 2.35. The molecule has 0 spiro atoms. The van der Waals surface area contributed by atoms with Gasteiger partial charge < -0.3 is 19.7 Å². The van der Waals surface area contributed by atoms with Crippen molar-refractivity contribution in [2.75, 3.05) is 13.7 Å². The topological polar surface area (TPSA) is 76.0 Å². The predicted octanol–water partition coefficient (Wildman–Crippen LogP) is 2.33. The Labute approximate surface area is 116 Å². The number of ether oxygens (including phenoxy) is 2. The number of methoxy groups -OCH3 is 1. The Balaban J connectivity index is 3.03. The van der Waals surface area contributed by atoms with Crippen LogP contribution < -0.4 is 9.47 Å². The highest BCUT2D eigenvalue weighted by molar-refractivity contribution is 6.30. The van der Waals surface area contributed by atoms with Crippen LogP contribution in [0.15, 0.2) is 12.1 Å². The number of carboxylic acids is 1. The SMILES string of the molecule is COc1cc(Cl)cc(CO)c1OCC(C)(C)C(=O)O. The normalized spacial score (nSPS) is 11.2. The third-order valence-corrected chi connectivity index (χ3v) is 2.86. The largest absolute Gasteiger partial charge is 0.493 e. The van der Waals surface area contributed by atoms with Crippen LogP contribution in [0, 0.1) is 5.41 Å². The molecule has 0 saturated heterocycles. The fourth-order valence-corrected chi connectivity index (χ4v) is 1.60. The third kappa shape index (κ3) is 3.75. The molecule has 1 aromatic rings. The summed E-state index contributed by atoms with van der Waals surface area (Å²) < 4.78 is 10.6. The summed E-state index contributed by atoms with van der Waals surface area (Å²) in [4.78, 5) is 11.0. The number of carboxylic acid groups (broad SMARTS) is 1. The Hall–Kier alpha value is -1.46. The maximum Gasteiger partial charge on any atom is 0.312 e. The highest BCUT2D eigenvalue weighted by atomic mass is 35.5. The molecule has 0 amide bonds. The minimum absolute atomic E-state index is 0.0483. The lowest BCUT2D eigenvalue weighted by molar-refractivity contribution is -0.148. The van der Waals surface area contributed by atoms with Gasteiger partial charge in [0.05, 0.1) is 19.1 Å². The number of rotatable bonds is 6. The van der Waals surface area contributed by atoms with Crippen molar-refractivity contribution >= 4 is 17.6 Å². The molecule has 0 saturated carbocycles. The number of carbonyl (C=O) groups is 1. The number of hydrogen-bond acceptors (Lipinski definition) is 4. The van der Waals surface area contributed by atoms with Crippen molar-refractivity contribution < 1.29 is 24.5 Å². The van der Waals surface area contributed by atoms with Crippen LogP contribution in [-0.2, 0) is 11.4 Å². The van der Waals surface area contributed by atoms with Crippen molar-refractivity contribution in [3.05, 3.63) is 22.7 Å². The first-order chi connectivity index (χ1) is 8.81. The van der Waals surface area contributed by atoms with E-state index in [1.165, 1.54) is 7.11 Å². The second-order valence-corrected chi connectivity index (χ2v) is 5.17. The molecule has 5 nitrogen and oxygen atoms in total. The minimum atomic E-state index is -1.04. The van der Waals surface area contributed by atoms with Gasteiger partial charge in [0.1, 0.15) is 6.61 Å². The molecule has 0 aliphatic heterocycles. The summed E-state index contributed by atoms with van der Waals surface area (Å²) in [5.74, 6) is -0.299. The average molecular weight is 289 g/mol. The summed E-state index contributed by atoms with van der Waals surface area (Å²) in [6.45, 7) is 2.78. The Kier molecular flexibility index (Phi) is 5.03. The van der Waals surface area contributed by atoms with Crippen molar-refractivity contribution in [3.8, 4) is 11.5 Å². The maximum atomic E-state index is 11.0. The summed E-state index contributed by atoms with van der Waals surface area (Å²) in [7, 11) is 1.45. The molecule has 106 valence electrons. The van der Waals surface area contributed by atoms with Gasteiger partial charge in [-0.2, -0.15) is 0 Å². The highest BCUT2D eigenvalue weighted by Gasteiger charge is 2.29. The van der Waals surface area contributed by atoms with Gasteiger partial charge in [-0.3, -0.25) is 4.79 Å². The van der Waals surface area contributed by atoms with Gasteiger partial charge in [0.2, 0.25) is 0 Å². The fourth-order valence-electron chi connectivity index (χ4n) is 1.37. The van der Waals surface area contributed by atoms with Crippen molar-refractivity contribution in [2.24, 2.45) is 5.41 Å². The summed E-state index contributed by atoms with van der Waals surface area (Å²) in [6.07, 6.45) is 0. The molecule has 2 N–H and O–H groups in total. The van der Waals surface area contributed by atoms with Gasteiger partial charge in [-0.05, 0) is 19.9 Å². The van der Waals surface area contributed by atoms with E-state index in [0.29, 0.717) is 22.1 Å². The second-order valence-electron chi connectivity index (χ2n) is 4.73. The zero-order valence-electron chi connectivity index (χ0n) is 11.1. The van der Waals surface area contributed by atoms with Gasteiger partial charge in [-0.1, -0.05) is 11.6 Å². The van der Waals surface area contributed by atoms with Gasteiger partial charge in [0.15, 0.2) is 11.5 Å². The first-order valence-corrected chi connectivity index (χ1v) is 6.03. The van der Waals surface area contributed by atoms with Crippen LogP contribution in [0.25, 0.3) is 0 Å². The molecule has 0 bridgehead atoms. The predicted molar refractivity (Wildman–Crippen MR) is 70.8 cm³/mol. The molecule has 0 aliphatic carbocycles. The molecule has 0 radical (unpaired) electrons. The van der Waals surface area contributed by atoms with Crippen molar-refractivity contribution in [2.45, 2.75) is 20.5 Å². The van der Waals surface area contributed by atoms with Crippen LogP contribution in [-0.4, -0.2) is 29.9 Å². The average Bonchev–Trinajstić information content (AvgIpc) is 2.35. The molecule has 6 heteroatoms. The van der Waals surface area contributed by atoms with E-state index < -0.39 is 11.4 Å². The fraction of sp³-hybridized carbons (Fsp3) is 0.462. The Morgan fingerprint density at radius 2 is 2.05 bits per heavy atom. The van der Waals surface area contributed by atoms with Crippen LogP contribution in [0.2, 0.25) is 5.02 Å². The van der Waals surface area contributed by atoms with Gasteiger partial charge in [0.25, 0.3) is 0 Å². The van der Waals surface area contributed by atoms with Gasteiger partial charge in [-0.25, -0.2) is 0 Å². The second kappa shape index (κ2) is 6.12. The van der Waals surface area contributed by atoms with Crippen molar-refractivity contribution in [1.29, 1.82) is 0 Å². The van der Waals surface area contributed by atoms with Crippen LogP contribution in [0.1, 0.15) is 19.4 Å². The minimum Gasteiger partial charge on any atom is -0.493 e. The maximum absolute atomic E-state index is 11.0. The summed E-state index contributed by atoms with van der Waals surface area (Å²) >= 11 is 5.88. The number of aliphatic hydroxyl groups is 1. The van der Waals surface area contributed by atoms with Gasteiger partial charge in [0, 0.05) is 16.7 Å². The van der Waals surface area contributed by atoms with Gasteiger partial charge >= 0.3 is 5.97 Å². The molecular weight excluding hydrogens is 272 g/mol. The zero-order valence-corrected chi connectivity index (χ0v) is 11.8. The van der Waals surface area contributed by atoms with E-state index in [9.17, 15) is 9.90 Å². The first kappa shape index (κ1) is 15.6. The Morgan fingerprint density at radius 3 is 2.53 bits per heavy atom. The number of hydrogen-bond donors (Lipinski definition) is 2. The molecule has 0 aliphatic rings. The van der Waals surface area contributed by atoms with E-state index in [1.54, 1.807) is 26.0 Å². The van der Waals surface area contributed by atoms with Crippen LogP contribution in [0.3, 0.4) is 0 Å². The van der Waals surface area contributed by atoms with Crippen LogP contribution >= 0.6 is 11.6 Å². The number of aliphatic carboxylic acids is 1. The number of benzene rings is 1. The number of aliphatic hydroxyl groups excluding tert-OH is 1. The Morgan fingerprint density at radius 1 is 1.42 bits per heavy atom. The lowest BCUT2D eigenvalue weighted by Crippen LogP contribution is -2.31. The van der Waals surface area contributed by atoms with Crippen molar-refractivity contribution in [1.82, 2.24) is 0 Å². The van der Waals surface area contributed by atoms with Gasteiger partial charge in [-0.15, -0.1) is 0 Å². The molecule has 1 aromatic carbocycles. The van der Waals surface area contributed by atoms with E-state index in [0.717, 1.165) is 0 Å². The summed E-state index contributed by atoms with van der Waals surface area (Å²) in [5, 5.41) is 18.7. The van der Waals surface area contributed by atoms with E-state index >= 15 is 0 Å². The van der Waals surface area contributed by atoms with E-state index in [1.807, 2.05) is 0 Å². The van der Waals surface area contributed by atoms with E-state index in [2.05, 4.69) is 0 Å². The molecular formula is C13H17ClO5. The molecule has 0 aromatic heterocycles. The summed E-state index contributed by atoms with van der Waals surface area (Å²) in [6, 6.07) is 3.09. The standard InChI is InChI=1S/C13H17ClO5/c1-13(2,12(16)17)7-19-11-8(6-15)4-9(14)5-10(11)18-3/h4-5,15H,6-7H2,1-3H3,(H,16,17). The molecule has 0 heterocycles. The third-order valence-electron chi connectivity index (χ3n) is 2.64. The quantitative estimate of drug-likeness (QED) is 0.840. The number of halogens is 1. The first-order valence-electron chi connectivity index (χ1n) is 5.65. The van der Waals surface area contributed by atoms with Crippen molar-refractivity contribution in [3.63, 3.8) is 0 Å². The Bertz CT molecular complexity index is 445. The molecule has 1 rings (SSSR count). The van der Waals surface area contributed by atoms with Crippen LogP contribution in [0.4, 0.5) is 0 Å². The summed E-state index contributed by atoms with van der Waals surface area (Å²) in [5.41, 5.74) is -0.595. The van der Waals surface area contributed by atoms with E-state index in [-0.39, 0.29) is 13.2 Å². The molecule has 0 unspecified atom stereocenters.